The number of nitrogens with zero attached hydrogens (tertiary/aromatic N) is 1. The van der Waals surface area contributed by atoms with Crippen LogP contribution in [0.3, 0.4) is 0 Å². The normalized spacial score (nSPS) is 21.7. The second kappa shape index (κ2) is 7.18. The maximum Gasteiger partial charge on any atom is 0.252 e. The Bertz CT molecular complexity index is 667. The summed E-state index contributed by atoms with van der Waals surface area (Å²) >= 11 is 1.69. The summed E-state index contributed by atoms with van der Waals surface area (Å²) in [6, 6.07) is 15.5. The topological polar surface area (TPSA) is 54.0 Å². The van der Waals surface area contributed by atoms with Crippen LogP contribution in [0, 0.1) is 5.41 Å². The second-order valence-corrected chi connectivity index (χ2v) is 8.59. The molecule has 0 aliphatic carbocycles. The van der Waals surface area contributed by atoms with E-state index in [1.807, 2.05) is 48.5 Å². The number of thioether (sulfide) groups is 1. The van der Waals surface area contributed by atoms with E-state index in [0.717, 1.165) is 23.6 Å². The number of pyridine rings is 1. The molecule has 1 saturated heterocycles. The Labute approximate surface area is 153 Å². The first-order valence-electron chi connectivity index (χ1n) is 8.60. The molecule has 1 aromatic heterocycles. The van der Waals surface area contributed by atoms with Gasteiger partial charge in [0.1, 0.15) is 4.87 Å². The summed E-state index contributed by atoms with van der Waals surface area (Å²) in [5.74, 6) is 0.951. The third-order valence-corrected chi connectivity index (χ3v) is 6.35. The molecule has 1 fully saturated rings. The zero-order chi connectivity index (χ0) is 17.9. The van der Waals surface area contributed by atoms with Crippen LogP contribution >= 0.6 is 11.8 Å². The van der Waals surface area contributed by atoms with E-state index in [9.17, 15) is 4.79 Å². The van der Waals surface area contributed by atoms with Crippen molar-refractivity contribution in [2.45, 2.75) is 31.7 Å². The Morgan fingerprint density at radius 2 is 1.92 bits per heavy atom. The van der Waals surface area contributed by atoms with Gasteiger partial charge < -0.3 is 5.32 Å². The first-order valence-corrected chi connectivity index (χ1v) is 9.58. The molecule has 0 unspecified atom stereocenters. The number of rotatable bonds is 4. The van der Waals surface area contributed by atoms with Gasteiger partial charge in [-0.3, -0.25) is 15.1 Å². The van der Waals surface area contributed by atoms with Crippen LogP contribution < -0.4 is 10.6 Å². The van der Waals surface area contributed by atoms with Crippen LogP contribution in [0.2, 0.25) is 0 Å². The van der Waals surface area contributed by atoms with Gasteiger partial charge in [0.25, 0.3) is 5.91 Å². The van der Waals surface area contributed by atoms with Gasteiger partial charge in [-0.25, -0.2) is 0 Å². The molecule has 1 aromatic carbocycles. The summed E-state index contributed by atoms with van der Waals surface area (Å²) in [4.78, 5) is 17.2. The van der Waals surface area contributed by atoms with Gasteiger partial charge in [-0.05, 0) is 23.1 Å². The van der Waals surface area contributed by atoms with E-state index >= 15 is 0 Å². The Morgan fingerprint density at radius 1 is 1.20 bits per heavy atom. The molecule has 0 radical (unpaired) electrons. The summed E-state index contributed by atoms with van der Waals surface area (Å²) < 4.78 is 0. The molecule has 0 bridgehead atoms. The van der Waals surface area contributed by atoms with Gasteiger partial charge in [0.15, 0.2) is 0 Å². The molecule has 2 aromatic rings. The van der Waals surface area contributed by atoms with Crippen LogP contribution in [-0.2, 0) is 4.79 Å². The van der Waals surface area contributed by atoms with Crippen LogP contribution in [0.25, 0.3) is 0 Å². The van der Waals surface area contributed by atoms with E-state index in [2.05, 4.69) is 36.4 Å². The fraction of sp³-hybridized carbons (Fsp3) is 0.400. The van der Waals surface area contributed by atoms with Crippen molar-refractivity contribution in [3.05, 3.63) is 66.0 Å². The molecule has 0 spiro atoms. The van der Waals surface area contributed by atoms with Crippen molar-refractivity contribution < 1.29 is 4.79 Å². The molecule has 4 nitrogen and oxygen atoms in total. The zero-order valence-electron chi connectivity index (χ0n) is 15.0. The molecule has 3 rings (SSSR count). The average Bonchev–Trinajstić information content (AvgIpc) is 3.12. The summed E-state index contributed by atoms with van der Waals surface area (Å²) in [6.07, 6.45) is 1.76. The summed E-state index contributed by atoms with van der Waals surface area (Å²) in [5.41, 5.74) is 1.67. The van der Waals surface area contributed by atoms with E-state index in [1.165, 1.54) is 0 Å². The number of amides is 1. The van der Waals surface area contributed by atoms with Crippen molar-refractivity contribution in [2.75, 3.05) is 12.3 Å². The van der Waals surface area contributed by atoms with Gasteiger partial charge in [-0.15, -0.1) is 11.8 Å². The molecule has 2 N–H and O–H groups in total. The van der Waals surface area contributed by atoms with Crippen LogP contribution in [0.4, 0.5) is 0 Å². The minimum absolute atomic E-state index is 0.0157. The minimum atomic E-state index is -0.630. The molecule has 1 amide bonds. The van der Waals surface area contributed by atoms with Crippen molar-refractivity contribution in [2.24, 2.45) is 5.41 Å². The molecule has 2 atom stereocenters. The highest BCUT2D eigenvalue weighted by Crippen LogP contribution is 2.43. The third kappa shape index (κ3) is 3.58. The Hall–Kier alpha value is -1.85. The predicted octanol–water partition coefficient (Wildman–Crippen LogP) is 3.37. The lowest BCUT2D eigenvalue weighted by Crippen LogP contribution is -2.59. The number of carbonyl (C=O) groups excluding carboxylic acids is 1. The molecule has 5 heteroatoms. The second-order valence-electron chi connectivity index (χ2n) is 7.28. The fourth-order valence-corrected chi connectivity index (χ4v) is 4.54. The van der Waals surface area contributed by atoms with E-state index < -0.39 is 4.87 Å². The summed E-state index contributed by atoms with van der Waals surface area (Å²) in [6.45, 7) is 7.16. The molecular weight excluding hydrogens is 330 g/mol. The van der Waals surface area contributed by atoms with E-state index in [0.29, 0.717) is 0 Å². The number of nitrogens with one attached hydrogen (secondary N) is 2. The number of carbonyl (C=O) groups is 1. The van der Waals surface area contributed by atoms with Crippen molar-refractivity contribution in [1.82, 2.24) is 15.6 Å². The largest absolute Gasteiger partial charge is 0.341 e. The molecule has 2 heterocycles. The number of hydrogen-bond acceptors (Lipinski definition) is 4. The lowest BCUT2D eigenvalue weighted by atomic mass is 9.84. The number of hydrogen-bond donors (Lipinski definition) is 2. The predicted molar refractivity (Wildman–Crippen MR) is 103 cm³/mol. The molecule has 1 aliphatic rings. The molecule has 1 aliphatic heterocycles. The van der Waals surface area contributed by atoms with E-state index in [4.69, 9.17) is 0 Å². The standard InChI is InChI=1S/C20H25N3OS/c1-19(2,3)20(22-13-14-25-20)18(24)23-17(15-9-5-4-6-10-15)16-11-7-8-12-21-16/h4-12,17,22H,13-14H2,1-3H3,(H,23,24)/t17-,20-/m1/s1. The SMILES string of the molecule is CC(C)(C)[C@]1(C(=O)N[C@H](c2ccccc2)c2ccccn2)NCCS1. The minimum Gasteiger partial charge on any atom is -0.341 e. The van der Waals surface area contributed by atoms with Gasteiger partial charge >= 0.3 is 0 Å². The van der Waals surface area contributed by atoms with Gasteiger partial charge in [-0.2, -0.15) is 0 Å². The molecule has 132 valence electrons. The smallest absolute Gasteiger partial charge is 0.252 e. The number of aromatic nitrogens is 1. The fourth-order valence-electron chi connectivity index (χ4n) is 3.20. The maximum atomic E-state index is 13.3. The average molecular weight is 356 g/mol. The van der Waals surface area contributed by atoms with E-state index in [1.54, 1.807) is 18.0 Å². The molecule has 0 saturated carbocycles. The van der Waals surface area contributed by atoms with Crippen molar-refractivity contribution in [1.29, 1.82) is 0 Å². The summed E-state index contributed by atoms with van der Waals surface area (Å²) in [5, 5.41) is 6.70. The Morgan fingerprint density at radius 3 is 2.48 bits per heavy atom. The van der Waals surface area contributed by atoms with Crippen LogP contribution in [0.1, 0.15) is 38.1 Å². The Balaban J connectivity index is 1.94. The highest BCUT2D eigenvalue weighted by Gasteiger charge is 2.51. The van der Waals surface area contributed by atoms with Crippen LogP contribution in [0.15, 0.2) is 54.7 Å². The lowest BCUT2D eigenvalue weighted by Gasteiger charge is -2.40. The first-order chi connectivity index (χ1) is 11.9. The molecular formula is C20H25N3OS. The third-order valence-electron chi connectivity index (χ3n) is 4.56. The maximum absolute atomic E-state index is 13.3. The highest BCUT2D eigenvalue weighted by atomic mass is 32.2. The van der Waals surface area contributed by atoms with E-state index in [-0.39, 0.29) is 17.4 Å². The monoisotopic (exact) mass is 355 g/mol. The van der Waals surface area contributed by atoms with Crippen molar-refractivity contribution in [3.8, 4) is 0 Å². The Kier molecular flexibility index (Phi) is 5.16. The number of benzene rings is 1. The van der Waals surface area contributed by atoms with Crippen molar-refractivity contribution >= 4 is 17.7 Å². The van der Waals surface area contributed by atoms with Crippen LogP contribution in [-0.4, -0.2) is 28.1 Å². The lowest BCUT2D eigenvalue weighted by molar-refractivity contribution is -0.127. The summed E-state index contributed by atoms with van der Waals surface area (Å²) in [7, 11) is 0. The van der Waals surface area contributed by atoms with Crippen LogP contribution in [0.5, 0.6) is 0 Å². The van der Waals surface area contributed by atoms with Gasteiger partial charge in [0.05, 0.1) is 11.7 Å². The van der Waals surface area contributed by atoms with Gasteiger partial charge in [-0.1, -0.05) is 57.2 Å². The zero-order valence-corrected chi connectivity index (χ0v) is 15.8. The molecule has 25 heavy (non-hydrogen) atoms. The highest BCUT2D eigenvalue weighted by molar-refractivity contribution is 8.01. The quantitative estimate of drug-likeness (QED) is 0.883. The van der Waals surface area contributed by atoms with Gasteiger partial charge in [0.2, 0.25) is 0 Å². The van der Waals surface area contributed by atoms with Crippen molar-refractivity contribution in [3.63, 3.8) is 0 Å². The van der Waals surface area contributed by atoms with Gasteiger partial charge in [0, 0.05) is 18.5 Å². The first kappa shape index (κ1) is 18.0.